The maximum atomic E-state index is 13.5. The molecule has 0 saturated carbocycles. The first-order chi connectivity index (χ1) is 11.7. The highest BCUT2D eigenvalue weighted by Gasteiger charge is 2.81. The van der Waals surface area contributed by atoms with Gasteiger partial charge < -0.3 is 0 Å². The summed E-state index contributed by atoms with van der Waals surface area (Å²) in [6, 6.07) is 6.70. The fraction of sp³-hybridized carbons (Fsp3) is 0.500. The Labute approximate surface area is 146 Å². The van der Waals surface area contributed by atoms with E-state index in [0.29, 0.717) is 5.19 Å². The highest BCUT2D eigenvalue weighted by molar-refractivity contribution is 6.54. The molecule has 0 bridgehead atoms. The normalized spacial score (nSPS) is 15.0. The van der Waals surface area contributed by atoms with Gasteiger partial charge in [-0.25, -0.2) is 0 Å². The maximum absolute atomic E-state index is 13.5. The number of halogens is 9. The molecule has 0 aliphatic heterocycles. The number of benzene rings is 1. The van der Waals surface area contributed by atoms with E-state index in [4.69, 9.17) is 0 Å². The third-order valence-electron chi connectivity index (χ3n) is 3.66. The van der Waals surface area contributed by atoms with Crippen molar-refractivity contribution in [3.05, 3.63) is 36.4 Å². The molecular formula is C16H15F9Si. The van der Waals surface area contributed by atoms with E-state index in [1.807, 2.05) is 0 Å². The minimum Gasteiger partial charge on any atom is -0.200 e. The molecule has 146 valence electrons. The molecule has 1 aromatic rings. The Morgan fingerprint density at radius 3 is 1.85 bits per heavy atom. The summed E-state index contributed by atoms with van der Waals surface area (Å²) in [7, 11) is -0.101. The second-order valence-corrected chi connectivity index (χ2v) is 7.61. The maximum Gasteiger partial charge on any atom is 0.460 e. The van der Waals surface area contributed by atoms with Crippen molar-refractivity contribution in [1.29, 1.82) is 0 Å². The van der Waals surface area contributed by atoms with Gasteiger partial charge in [-0.1, -0.05) is 49.0 Å². The van der Waals surface area contributed by atoms with Crippen molar-refractivity contribution in [1.82, 2.24) is 0 Å². The van der Waals surface area contributed by atoms with Gasteiger partial charge in [0.05, 0.1) is 9.52 Å². The second-order valence-electron chi connectivity index (χ2n) is 5.76. The lowest BCUT2D eigenvalue weighted by molar-refractivity contribution is -0.396. The lowest BCUT2D eigenvalue weighted by atomic mass is 9.99. The molecular weight excluding hydrogens is 391 g/mol. The van der Waals surface area contributed by atoms with Crippen LogP contribution >= 0.6 is 0 Å². The molecule has 1 aromatic carbocycles. The molecule has 0 aliphatic carbocycles. The van der Waals surface area contributed by atoms with Gasteiger partial charge in [0.1, 0.15) is 0 Å². The van der Waals surface area contributed by atoms with Crippen molar-refractivity contribution in [2.24, 2.45) is 0 Å². The third-order valence-corrected chi connectivity index (χ3v) is 5.11. The molecule has 0 fully saturated rings. The van der Waals surface area contributed by atoms with Crippen LogP contribution in [0.1, 0.15) is 25.3 Å². The van der Waals surface area contributed by atoms with Gasteiger partial charge in [0.25, 0.3) is 0 Å². The third kappa shape index (κ3) is 4.63. The first kappa shape index (κ1) is 22.6. The Kier molecular flexibility index (Phi) is 6.65. The SMILES string of the molecule is C=Cc1ccc([Si]C(C)CCC(F)(F)C(F)(F)C(F)(F)C(F)(F)F)cc1. The molecule has 10 heteroatoms. The topological polar surface area (TPSA) is 0 Å². The summed E-state index contributed by atoms with van der Waals surface area (Å²) in [6.07, 6.45) is -7.64. The van der Waals surface area contributed by atoms with E-state index >= 15 is 0 Å². The summed E-state index contributed by atoms with van der Waals surface area (Å²) in [5.41, 5.74) is 0.192. The Hall–Kier alpha value is -1.45. The largest absolute Gasteiger partial charge is 0.460 e. The van der Waals surface area contributed by atoms with E-state index in [9.17, 15) is 39.5 Å². The zero-order valence-electron chi connectivity index (χ0n) is 13.5. The van der Waals surface area contributed by atoms with Crippen molar-refractivity contribution >= 4 is 20.8 Å². The average molecular weight is 406 g/mol. The Balaban J connectivity index is 2.78. The zero-order valence-corrected chi connectivity index (χ0v) is 14.5. The van der Waals surface area contributed by atoms with Gasteiger partial charge in [-0.15, -0.1) is 0 Å². The first-order valence-electron chi connectivity index (χ1n) is 7.35. The molecule has 0 aromatic heterocycles. The van der Waals surface area contributed by atoms with Gasteiger partial charge in [-0.2, -0.15) is 39.5 Å². The Morgan fingerprint density at radius 1 is 0.923 bits per heavy atom. The summed E-state index contributed by atoms with van der Waals surface area (Å²) in [5, 5.41) is 0.707. The smallest absolute Gasteiger partial charge is 0.200 e. The predicted octanol–water partition coefficient (Wildman–Crippen LogP) is 5.72. The van der Waals surface area contributed by atoms with E-state index in [0.717, 1.165) is 5.56 Å². The molecule has 1 rings (SSSR count). The lowest BCUT2D eigenvalue weighted by Crippen LogP contribution is -2.60. The van der Waals surface area contributed by atoms with Crippen LogP contribution in [0.3, 0.4) is 0 Å². The van der Waals surface area contributed by atoms with E-state index < -0.39 is 42.3 Å². The average Bonchev–Trinajstić information content (AvgIpc) is 2.52. The fourth-order valence-electron chi connectivity index (χ4n) is 2.03. The van der Waals surface area contributed by atoms with E-state index in [1.54, 1.807) is 30.3 Å². The second kappa shape index (κ2) is 7.65. The van der Waals surface area contributed by atoms with Crippen LogP contribution in [0.25, 0.3) is 6.08 Å². The number of rotatable bonds is 8. The van der Waals surface area contributed by atoms with Crippen LogP contribution in [0.2, 0.25) is 5.54 Å². The standard InChI is InChI=1S/C16H15F9Si/c1-3-11-4-6-12(7-5-11)26-10(2)8-9-13(17,18)14(19,20)15(21,22)16(23,24)25/h3-7,10H,1,8-9H2,2H3. The molecule has 0 amide bonds. The van der Waals surface area contributed by atoms with Crippen LogP contribution in [0.5, 0.6) is 0 Å². The molecule has 2 radical (unpaired) electrons. The van der Waals surface area contributed by atoms with E-state index in [1.165, 1.54) is 6.92 Å². The molecule has 26 heavy (non-hydrogen) atoms. The molecule has 0 saturated heterocycles. The molecule has 0 nitrogen and oxygen atoms in total. The van der Waals surface area contributed by atoms with Crippen LogP contribution in [-0.4, -0.2) is 33.5 Å². The minimum absolute atomic E-state index is 0.101. The fourth-order valence-corrected chi connectivity index (χ4v) is 3.25. The van der Waals surface area contributed by atoms with Crippen LogP contribution in [0, 0.1) is 0 Å². The Bertz CT molecular complexity index is 605. The first-order valence-corrected chi connectivity index (χ1v) is 8.42. The van der Waals surface area contributed by atoms with Crippen molar-refractivity contribution in [2.45, 2.75) is 49.3 Å². The molecule has 0 N–H and O–H groups in total. The van der Waals surface area contributed by atoms with Crippen molar-refractivity contribution in [3.63, 3.8) is 0 Å². The van der Waals surface area contributed by atoms with Crippen LogP contribution in [0.4, 0.5) is 39.5 Å². The number of hydrogen-bond donors (Lipinski definition) is 0. The summed E-state index contributed by atoms with van der Waals surface area (Å²) in [4.78, 5) is 0. The van der Waals surface area contributed by atoms with Crippen LogP contribution in [0.15, 0.2) is 30.8 Å². The molecule has 1 unspecified atom stereocenters. The van der Waals surface area contributed by atoms with Crippen LogP contribution in [-0.2, 0) is 0 Å². The Morgan fingerprint density at radius 2 is 1.42 bits per heavy atom. The van der Waals surface area contributed by atoms with Crippen LogP contribution < -0.4 is 5.19 Å². The van der Waals surface area contributed by atoms with Gasteiger partial charge in [0.2, 0.25) is 0 Å². The van der Waals surface area contributed by atoms with Gasteiger partial charge in [0.15, 0.2) is 0 Å². The highest BCUT2D eigenvalue weighted by atomic mass is 28.2. The number of alkyl halides is 9. The van der Waals surface area contributed by atoms with Crippen molar-refractivity contribution in [2.75, 3.05) is 0 Å². The van der Waals surface area contributed by atoms with Crippen molar-refractivity contribution < 1.29 is 39.5 Å². The zero-order chi connectivity index (χ0) is 20.4. The van der Waals surface area contributed by atoms with Gasteiger partial charge in [-0.05, 0) is 17.5 Å². The summed E-state index contributed by atoms with van der Waals surface area (Å²) in [5.74, 6) is -18.9. The van der Waals surface area contributed by atoms with Gasteiger partial charge in [0, 0.05) is 6.42 Å². The summed E-state index contributed by atoms with van der Waals surface area (Å²) < 4.78 is 115. The quantitative estimate of drug-likeness (QED) is 0.383. The monoisotopic (exact) mass is 406 g/mol. The molecule has 0 heterocycles. The molecule has 1 atom stereocenters. The summed E-state index contributed by atoms with van der Waals surface area (Å²) >= 11 is 0. The predicted molar refractivity (Wildman–Crippen MR) is 81.5 cm³/mol. The highest BCUT2D eigenvalue weighted by Crippen LogP contribution is 2.54. The van der Waals surface area contributed by atoms with Gasteiger partial charge >= 0.3 is 23.9 Å². The summed E-state index contributed by atoms with van der Waals surface area (Å²) in [6.45, 7) is 4.97. The number of hydrogen-bond acceptors (Lipinski definition) is 0. The molecule has 0 aliphatic rings. The van der Waals surface area contributed by atoms with E-state index in [-0.39, 0.29) is 9.52 Å². The molecule has 0 spiro atoms. The van der Waals surface area contributed by atoms with Crippen molar-refractivity contribution in [3.8, 4) is 0 Å². The lowest BCUT2D eigenvalue weighted by Gasteiger charge is -2.34. The van der Waals surface area contributed by atoms with E-state index in [2.05, 4.69) is 6.58 Å². The minimum atomic E-state index is -6.82. The van der Waals surface area contributed by atoms with Gasteiger partial charge in [-0.3, -0.25) is 0 Å².